The van der Waals surface area contributed by atoms with Crippen LogP contribution in [0.5, 0.6) is 0 Å². The molecule has 0 N–H and O–H groups in total. The summed E-state index contributed by atoms with van der Waals surface area (Å²) >= 11 is 0. The third kappa shape index (κ3) is 8.91. The normalized spacial score (nSPS) is 0. The summed E-state index contributed by atoms with van der Waals surface area (Å²) in [5.41, 5.74) is 0. The van der Waals surface area contributed by atoms with Crippen LogP contribution in [0.3, 0.4) is 0 Å². The smallest absolute Gasteiger partial charge is 0 e. The van der Waals surface area contributed by atoms with Crippen LogP contribution in [-0.2, 0) is 38.0 Å². The predicted octanol–water partition coefficient (Wildman–Crippen LogP) is -1.57. The van der Waals surface area contributed by atoms with Crippen molar-refractivity contribution in [2.24, 2.45) is 0 Å². The molecule has 0 aromatic heterocycles. The van der Waals surface area contributed by atoms with Gasteiger partial charge in [-0.25, -0.2) is 0 Å². The molecule has 0 aliphatic rings. The molecular weight excluding hydrogens is 336 g/mol. The maximum Gasteiger partial charge on any atom is 0 e. The zero-order valence-corrected chi connectivity index (χ0v) is 12.3. The summed E-state index contributed by atoms with van der Waals surface area (Å²) in [7, 11) is 0. The molecule has 0 nitrogen and oxygen atoms in total. The van der Waals surface area contributed by atoms with Crippen LogP contribution in [0, 0.1) is 0 Å². The first kappa shape index (κ1) is 35.2. The molecule has 0 aromatic carbocycles. The Morgan fingerprint density at radius 2 is 1.00 bits per heavy atom. The average molecular weight is 339 g/mol. The van der Waals surface area contributed by atoms with Gasteiger partial charge in [-0.15, -0.1) is 0 Å². The van der Waals surface area contributed by atoms with Crippen molar-refractivity contribution in [3.63, 3.8) is 0 Å². The summed E-state index contributed by atoms with van der Waals surface area (Å²) in [6.07, 6.45) is 0. The van der Waals surface area contributed by atoms with E-state index in [-0.39, 0.29) is 72.7 Å². The van der Waals surface area contributed by atoms with Crippen molar-refractivity contribution >= 4 is 34.6 Å². The summed E-state index contributed by atoms with van der Waals surface area (Å²) in [5, 5.41) is 0. The van der Waals surface area contributed by atoms with Crippen LogP contribution in [0.15, 0.2) is 0 Å². The standard InChI is InChI=1S/B.Bi.V.Zn.3H. The summed E-state index contributed by atoms with van der Waals surface area (Å²) in [4.78, 5) is 0. The number of hydrogen-bond donors (Lipinski definition) is 0. The van der Waals surface area contributed by atoms with E-state index in [2.05, 4.69) is 0 Å². The third-order valence-electron chi connectivity index (χ3n) is 0. The minimum atomic E-state index is 0. The van der Waals surface area contributed by atoms with E-state index in [0.29, 0.717) is 0 Å². The molecule has 0 saturated carbocycles. The van der Waals surface area contributed by atoms with E-state index in [1.54, 1.807) is 0 Å². The van der Waals surface area contributed by atoms with Crippen molar-refractivity contribution in [1.29, 1.82) is 0 Å². The van der Waals surface area contributed by atoms with Crippen molar-refractivity contribution < 1.29 is 38.0 Å². The van der Waals surface area contributed by atoms with Gasteiger partial charge in [-0.1, -0.05) is 0 Å². The molecule has 0 spiro atoms. The summed E-state index contributed by atoms with van der Waals surface area (Å²) in [6, 6.07) is 0. The van der Waals surface area contributed by atoms with Crippen molar-refractivity contribution in [3.8, 4) is 0 Å². The predicted molar refractivity (Wildman–Crippen MR) is 15.7 cm³/mol. The van der Waals surface area contributed by atoms with Crippen LogP contribution in [0.4, 0.5) is 0 Å². The zero-order chi connectivity index (χ0) is 0. The fraction of sp³-hybridized carbons (Fsp3) is 0. The third-order valence-corrected chi connectivity index (χ3v) is 0. The van der Waals surface area contributed by atoms with Gasteiger partial charge >= 0.3 is 26.2 Å². The van der Waals surface area contributed by atoms with E-state index in [1.165, 1.54) is 0 Å². The van der Waals surface area contributed by atoms with Crippen LogP contribution in [0.2, 0.25) is 0 Å². The zero-order valence-electron chi connectivity index (χ0n) is 2.44. The van der Waals surface area contributed by atoms with E-state index in [9.17, 15) is 0 Å². The molecule has 0 amide bonds. The molecule has 4 heteroatoms. The van der Waals surface area contributed by atoms with Gasteiger partial charge in [0.2, 0.25) is 0 Å². The van der Waals surface area contributed by atoms with Crippen LogP contribution in [-0.4, -0.2) is 34.6 Å². The van der Waals surface area contributed by atoms with Gasteiger partial charge < -0.3 is 0 Å². The minimum absolute atomic E-state index is 0. The Hall–Kier alpha value is 2.16. The van der Waals surface area contributed by atoms with Crippen LogP contribution in [0.25, 0.3) is 0 Å². The van der Waals surface area contributed by atoms with E-state index < -0.39 is 0 Å². The fourth-order valence-electron chi connectivity index (χ4n) is 0. The molecule has 4 radical (unpaired) electrons. The Kier molecular flexibility index (Phi) is 169. The van der Waals surface area contributed by atoms with E-state index in [0.717, 1.165) is 0 Å². The van der Waals surface area contributed by atoms with Gasteiger partial charge in [0, 0.05) is 46.4 Å². The molecule has 0 saturated heterocycles. The first-order valence-corrected chi connectivity index (χ1v) is 0. The van der Waals surface area contributed by atoms with Gasteiger partial charge in [0.15, 0.2) is 0 Å². The van der Waals surface area contributed by atoms with Crippen LogP contribution in [0.1, 0.15) is 0 Å². The Bertz CT molecular complexity index is 8.00. The monoisotopic (exact) mass is 338 g/mol. The molecule has 4 heavy (non-hydrogen) atoms. The van der Waals surface area contributed by atoms with E-state index >= 15 is 0 Å². The maximum absolute atomic E-state index is 0. The van der Waals surface area contributed by atoms with Crippen molar-refractivity contribution in [2.75, 3.05) is 0 Å². The largest absolute Gasteiger partial charge is 0 e. The summed E-state index contributed by atoms with van der Waals surface area (Å²) in [5.74, 6) is 0. The second-order valence-corrected chi connectivity index (χ2v) is 0. The van der Waals surface area contributed by atoms with Gasteiger partial charge in [0.1, 0.15) is 0 Å². The maximum atomic E-state index is 0. The molecule has 0 fully saturated rings. The van der Waals surface area contributed by atoms with Crippen LogP contribution < -0.4 is 0 Å². The SMILES string of the molecule is [B].[BiH3].[V].[Zn]. The average Bonchev–Trinajstić information content (AvgIpc) is 0. The molecule has 0 unspecified atom stereocenters. The summed E-state index contributed by atoms with van der Waals surface area (Å²) in [6.45, 7) is 0. The van der Waals surface area contributed by atoms with Gasteiger partial charge in [0.25, 0.3) is 0 Å². The van der Waals surface area contributed by atoms with Crippen molar-refractivity contribution in [1.82, 2.24) is 0 Å². The minimum Gasteiger partial charge on any atom is 0 e. The molecule has 0 aromatic rings. The van der Waals surface area contributed by atoms with E-state index in [1.807, 2.05) is 0 Å². The molecule has 0 aliphatic carbocycles. The molecule has 0 atom stereocenters. The number of hydrogen-bond acceptors (Lipinski definition) is 0. The van der Waals surface area contributed by atoms with Crippen molar-refractivity contribution in [3.05, 3.63) is 0 Å². The quantitative estimate of drug-likeness (QED) is 0.468. The van der Waals surface area contributed by atoms with Gasteiger partial charge in [-0.05, 0) is 0 Å². The Morgan fingerprint density at radius 1 is 1.00 bits per heavy atom. The fourth-order valence-corrected chi connectivity index (χ4v) is 0. The Morgan fingerprint density at radius 3 is 1.00 bits per heavy atom. The molecule has 0 rings (SSSR count). The summed E-state index contributed by atoms with van der Waals surface area (Å²) < 4.78 is 0. The van der Waals surface area contributed by atoms with Crippen molar-refractivity contribution in [2.45, 2.75) is 0 Å². The molecule has 18 valence electrons. The second kappa shape index (κ2) is 19.2. The molecule has 0 heterocycles. The van der Waals surface area contributed by atoms with E-state index in [4.69, 9.17) is 0 Å². The Labute approximate surface area is 71.8 Å². The second-order valence-electron chi connectivity index (χ2n) is 0. The van der Waals surface area contributed by atoms with Gasteiger partial charge in [0.05, 0.1) is 0 Å². The molecule has 0 aliphatic heterocycles. The first-order chi connectivity index (χ1) is 0. The Balaban J connectivity index is 0. The number of rotatable bonds is 0. The molecular formula is H3BBiVZn. The van der Waals surface area contributed by atoms with Gasteiger partial charge in [-0.2, -0.15) is 0 Å². The van der Waals surface area contributed by atoms with Gasteiger partial charge in [-0.3, -0.25) is 0 Å². The molecule has 0 bridgehead atoms. The first-order valence-electron chi connectivity index (χ1n) is 0. The topological polar surface area (TPSA) is 0 Å². The van der Waals surface area contributed by atoms with Crippen LogP contribution >= 0.6 is 0 Å².